The molecule has 0 bridgehead atoms. The molecule has 2 N–H and O–H groups in total. The van der Waals surface area contributed by atoms with Gasteiger partial charge in [0.25, 0.3) is 0 Å². The van der Waals surface area contributed by atoms with Crippen LogP contribution in [-0.4, -0.2) is 18.4 Å². The number of nitrogens with one attached hydrogen (secondary N) is 2. The molecule has 0 saturated heterocycles. The topological polar surface area (TPSA) is 58.2 Å². The van der Waals surface area contributed by atoms with E-state index in [-0.39, 0.29) is 11.8 Å². The van der Waals surface area contributed by atoms with Crippen molar-refractivity contribution in [3.63, 3.8) is 0 Å². The zero-order valence-corrected chi connectivity index (χ0v) is 14.5. The quantitative estimate of drug-likeness (QED) is 0.791. The van der Waals surface area contributed by atoms with Gasteiger partial charge in [0.2, 0.25) is 11.8 Å². The highest BCUT2D eigenvalue weighted by Gasteiger charge is 2.35. The fraction of sp³-hybridized carbons (Fsp3) is 0.556. The van der Waals surface area contributed by atoms with Crippen LogP contribution >= 0.6 is 0 Å². The largest absolute Gasteiger partial charge is 0.355 e. The van der Waals surface area contributed by atoms with E-state index in [4.69, 9.17) is 0 Å². The maximum atomic E-state index is 12.4. The lowest BCUT2D eigenvalue weighted by molar-refractivity contribution is -0.138. The summed E-state index contributed by atoms with van der Waals surface area (Å²) in [6, 6.07) is 5.84. The average molecular weight is 304 g/mol. The second-order valence-corrected chi connectivity index (χ2v) is 6.89. The number of carbonyl (C=O) groups is 2. The highest BCUT2D eigenvalue weighted by atomic mass is 16.2. The van der Waals surface area contributed by atoms with E-state index in [0.29, 0.717) is 12.5 Å². The molecule has 0 aliphatic carbocycles. The molecule has 122 valence electrons. The Morgan fingerprint density at radius 1 is 1.05 bits per heavy atom. The monoisotopic (exact) mass is 304 g/mol. The molecule has 0 fully saturated rings. The number of aryl methyl sites for hydroxylation is 2. The van der Waals surface area contributed by atoms with Crippen LogP contribution in [0.4, 0.5) is 5.69 Å². The van der Waals surface area contributed by atoms with Crippen molar-refractivity contribution in [3.05, 3.63) is 29.3 Å². The van der Waals surface area contributed by atoms with E-state index in [2.05, 4.69) is 24.5 Å². The minimum atomic E-state index is -1.10. The minimum Gasteiger partial charge on any atom is -0.355 e. The van der Waals surface area contributed by atoms with Gasteiger partial charge >= 0.3 is 0 Å². The predicted molar refractivity (Wildman–Crippen MR) is 90.8 cm³/mol. The summed E-state index contributed by atoms with van der Waals surface area (Å²) in [5, 5.41) is 5.69. The van der Waals surface area contributed by atoms with Crippen LogP contribution in [0.2, 0.25) is 0 Å². The molecule has 0 atom stereocenters. The zero-order chi connectivity index (χ0) is 16.9. The molecule has 1 rings (SSSR count). The normalized spacial score (nSPS) is 11.4. The molecule has 0 radical (unpaired) electrons. The van der Waals surface area contributed by atoms with Crippen molar-refractivity contribution >= 4 is 17.5 Å². The zero-order valence-electron chi connectivity index (χ0n) is 14.5. The number of rotatable bonds is 6. The third-order valence-electron chi connectivity index (χ3n) is 3.62. The van der Waals surface area contributed by atoms with Gasteiger partial charge in [-0.1, -0.05) is 19.9 Å². The third-order valence-corrected chi connectivity index (χ3v) is 3.62. The molecule has 0 aliphatic heterocycles. The van der Waals surface area contributed by atoms with Crippen molar-refractivity contribution < 1.29 is 9.59 Å². The Balaban J connectivity index is 2.70. The lowest BCUT2D eigenvalue weighted by Crippen LogP contribution is -2.45. The number of amides is 2. The number of hydrogen-bond donors (Lipinski definition) is 2. The van der Waals surface area contributed by atoms with Crippen molar-refractivity contribution in [2.24, 2.45) is 11.3 Å². The summed E-state index contributed by atoms with van der Waals surface area (Å²) in [6.07, 6.45) is 0.903. The van der Waals surface area contributed by atoms with Crippen molar-refractivity contribution in [1.82, 2.24) is 5.32 Å². The predicted octanol–water partition coefficient (Wildman–Crippen LogP) is 3.43. The van der Waals surface area contributed by atoms with Crippen LogP contribution in [0.3, 0.4) is 0 Å². The van der Waals surface area contributed by atoms with Gasteiger partial charge in [-0.2, -0.15) is 0 Å². The third kappa shape index (κ3) is 5.17. The van der Waals surface area contributed by atoms with E-state index >= 15 is 0 Å². The molecule has 0 unspecified atom stereocenters. The van der Waals surface area contributed by atoms with E-state index in [0.717, 1.165) is 23.2 Å². The Hall–Kier alpha value is -1.84. The lowest BCUT2D eigenvalue weighted by Gasteiger charge is -2.23. The molecule has 4 nitrogen and oxygen atoms in total. The first-order valence-electron chi connectivity index (χ1n) is 7.81. The van der Waals surface area contributed by atoms with Gasteiger partial charge in [-0.05, 0) is 63.3 Å². The van der Waals surface area contributed by atoms with E-state index in [1.165, 1.54) is 0 Å². The van der Waals surface area contributed by atoms with Crippen molar-refractivity contribution in [3.8, 4) is 0 Å². The Bertz CT molecular complexity index is 528. The maximum Gasteiger partial charge on any atom is 0.239 e. The van der Waals surface area contributed by atoms with Crippen molar-refractivity contribution in [2.45, 2.75) is 48.0 Å². The number of carbonyl (C=O) groups excluding carboxylic acids is 2. The average Bonchev–Trinajstić information content (AvgIpc) is 2.36. The summed E-state index contributed by atoms with van der Waals surface area (Å²) < 4.78 is 0. The fourth-order valence-electron chi connectivity index (χ4n) is 2.13. The Morgan fingerprint density at radius 3 is 2.09 bits per heavy atom. The van der Waals surface area contributed by atoms with Crippen LogP contribution in [-0.2, 0) is 9.59 Å². The smallest absolute Gasteiger partial charge is 0.239 e. The van der Waals surface area contributed by atoms with Crippen LogP contribution in [0.25, 0.3) is 0 Å². The van der Waals surface area contributed by atoms with Crippen molar-refractivity contribution in [1.29, 1.82) is 0 Å². The Kier molecular flexibility index (Phi) is 6.15. The summed E-state index contributed by atoms with van der Waals surface area (Å²) in [6.45, 7) is 12.1. The summed E-state index contributed by atoms with van der Waals surface area (Å²) >= 11 is 0. The molecular formula is C18H28N2O2. The Labute approximate surface area is 133 Å². The SMILES string of the molecule is Cc1cc(C)cc(NC(=O)C(C)(C)C(=O)NCCC(C)C)c1. The molecule has 2 amide bonds. The molecule has 4 heteroatoms. The fourth-order valence-corrected chi connectivity index (χ4v) is 2.13. The van der Waals surface area contributed by atoms with Gasteiger partial charge < -0.3 is 10.6 Å². The van der Waals surface area contributed by atoms with Crippen molar-refractivity contribution in [2.75, 3.05) is 11.9 Å². The second-order valence-electron chi connectivity index (χ2n) is 6.89. The minimum absolute atomic E-state index is 0.241. The van der Waals surface area contributed by atoms with Crippen LogP contribution in [0.15, 0.2) is 18.2 Å². The molecule has 0 heterocycles. The highest BCUT2D eigenvalue weighted by molar-refractivity contribution is 6.09. The van der Waals surface area contributed by atoms with Gasteiger partial charge in [-0.25, -0.2) is 0 Å². The molecule has 0 aromatic heterocycles. The van der Waals surface area contributed by atoms with Gasteiger partial charge in [-0.3, -0.25) is 9.59 Å². The summed E-state index contributed by atoms with van der Waals surface area (Å²) in [4.78, 5) is 24.7. The van der Waals surface area contributed by atoms with Gasteiger partial charge in [0, 0.05) is 12.2 Å². The first-order chi connectivity index (χ1) is 10.1. The van der Waals surface area contributed by atoms with Crippen LogP contribution in [0.5, 0.6) is 0 Å². The molecule has 0 aliphatic rings. The number of benzene rings is 1. The standard InChI is InChI=1S/C18H28N2O2/c1-12(2)7-8-19-16(21)18(5,6)17(22)20-15-10-13(3)9-14(4)11-15/h9-12H,7-8H2,1-6H3,(H,19,21)(H,20,22). The summed E-state index contributed by atoms with van der Waals surface area (Å²) in [5.41, 5.74) is 1.78. The summed E-state index contributed by atoms with van der Waals surface area (Å²) in [7, 11) is 0. The first kappa shape index (κ1) is 18.2. The van der Waals surface area contributed by atoms with Gasteiger partial charge in [-0.15, -0.1) is 0 Å². The second kappa shape index (κ2) is 7.43. The molecule has 1 aromatic rings. The molecule has 1 aromatic carbocycles. The van der Waals surface area contributed by atoms with E-state index < -0.39 is 5.41 Å². The molecule has 22 heavy (non-hydrogen) atoms. The van der Waals surface area contributed by atoms with E-state index in [1.807, 2.05) is 32.0 Å². The van der Waals surface area contributed by atoms with Crippen LogP contribution in [0.1, 0.15) is 45.2 Å². The first-order valence-corrected chi connectivity index (χ1v) is 7.81. The van der Waals surface area contributed by atoms with Gasteiger partial charge in [0.15, 0.2) is 0 Å². The van der Waals surface area contributed by atoms with Crippen LogP contribution < -0.4 is 10.6 Å². The van der Waals surface area contributed by atoms with Gasteiger partial charge in [0.05, 0.1) is 0 Å². The number of anilines is 1. The molecule has 0 spiro atoms. The summed E-state index contributed by atoms with van der Waals surface area (Å²) in [5.74, 6) is -0.0120. The highest BCUT2D eigenvalue weighted by Crippen LogP contribution is 2.21. The lowest BCUT2D eigenvalue weighted by atomic mass is 9.90. The maximum absolute atomic E-state index is 12.4. The van der Waals surface area contributed by atoms with E-state index in [1.54, 1.807) is 13.8 Å². The Morgan fingerprint density at radius 2 is 1.59 bits per heavy atom. The molecular weight excluding hydrogens is 276 g/mol. The number of hydrogen-bond acceptors (Lipinski definition) is 2. The van der Waals surface area contributed by atoms with E-state index in [9.17, 15) is 9.59 Å². The van der Waals surface area contributed by atoms with Crippen LogP contribution in [0, 0.1) is 25.2 Å². The molecule has 0 saturated carbocycles. The van der Waals surface area contributed by atoms with Gasteiger partial charge in [0.1, 0.15) is 5.41 Å².